The van der Waals surface area contributed by atoms with Gasteiger partial charge < -0.3 is 10.1 Å². The molecule has 0 saturated heterocycles. The molecule has 1 saturated carbocycles. The molecule has 15 heavy (non-hydrogen) atoms. The molecule has 0 radical (unpaired) electrons. The van der Waals surface area contributed by atoms with Gasteiger partial charge in [0, 0.05) is 0 Å². The van der Waals surface area contributed by atoms with Crippen LogP contribution in [0.25, 0.3) is 0 Å². The van der Waals surface area contributed by atoms with Crippen LogP contribution in [0.1, 0.15) is 46.5 Å². The molecule has 0 amide bonds. The van der Waals surface area contributed by atoms with Crippen molar-refractivity contribution in [2.75, 3.05) is 13.2 Å². The zero-order chi connectivity index (χ0) is 11.3. The molecule has 88 valence electrons. The Kier molecular flexibility index (Phi) is 4.58. The topological polar surface area (TPSA) is 38.3 Å². The van der Waals surface area contributed by atoms with Crippen LogP contribution >= 0.6 is 0 Å². The number of hydrogen-bond acceptors (Lipinski definition) is 3. The minimum absolute atomic E-state index is 0.0984. The van der Waals surface area contributed by atoms with Crippen LogP contribution in [-0.4, -0.2) is 24.7 Å². The van der Waals surface area contributed by atoms with Crippen molar-refractivity contribution in [1.29, 1.82) is 0 Å². The predicted molar refractivity (Wildman–Crippen MR) is 60.7 cm³/mol. The first kappa shape index (κ1) is 12.5. The van der Waals surface area contributed by atoms with Crippen LogP contribution < -0.4 is 5.32 Å². The molecule has 3 nitrogen and oxygen atoms in total. The molecule has 1 N–H and O–H groups in total. The zero-order valence-electron chi connectivity index (χ0n) is 10.1. The van der Waals surface area contributed by atoms with Crippen LogP contribution in [0, 0.1) is 5.92 Å². The first-order chi connectivity index (χ1) is 7.12. The van der Waals surface area contributed by atoms with Crippen LogP contribution in [-0.2, 0) is 9.53 Å². The fraction of sp³-hybridized carbons (Fsp3) is 0.917. The maximum Gasteiger partial charge on any atom is 0.326 e. The highest BCUT2D eigenvalue weighted by molar-refractivity contribution is 5.80. The van der Waals surface area contributed by atoms with Crippen molar-refractivity contribution in [3.8, 4) is 0 Å². The smallest absolute Gasteiger partial charge is 0.326 e. The number of hydrogen-bond donors (Lipinski definition) is 1. The number of rotatable bonds is 6. The average Bonchev–Trinajstić information content (AvgIpc) is 2.12. The van der Waals surface area contributed by atoms with Gasteiger partial charge in [-0.3, -0.25) is 4.79 Å². The Bertz CT molecular complexity index is 214. The summed E-state index contributed by atoms with van der Waals surface area (Å²) < 4.78 is 5.13. The van der Waals surface area contributed by atoms with Crippen LogP contribution in [0.2, 0.25) is 0 Å². The van der Waals surface area contributed by atoms with Gasteiger partial charge in [-0.05, 0) is 32.7 Å². The molecular weight excluding hydrogens is 190 g/mol. The van der Waals surface area contributed by atoms with Crippen LogP contribution in [0.3, 0.4) is 0 Å². The normalized spacial score (nSPS) is 20.5. The van der Waals surface area contributed by atoms with E-state index >= 15 is 0 Å². The fourth-order valence-electron chi connectivity index (χ4n) is 2.18. The number of carbonyl (C=O) groups excluding carboxylic acids is 1. The first-order valence-electron chi connectivity index (χ1n) is 6.04. The summed E-state index contributed by atoms with van der Waals surface area (Å²) in [5.74, 6) is 0.609. The minimum Gasteiger partial charge on any atom is -0.465 e. The third-order valence-electron chi connectivity index (χ3n) is 3.21. The Balaban J connectivity index is 2.54. The van der Waals surface area contributed by atoms with E-state index in [4.69, 9.17) is 4.74 Å². The van der Waals surface area contributed by atoms with Gasteiger partial charge >= 0.3 is 5.97 Å². The minimum atomic E-state index is -0.476. The van der Waals surface area contributed by atoms with Crippen molar-refractivity contribution in [2.45, 2.75) is 52.0 Å². The predicted octanol–water partition coefficient (Wildman–Crippen LogP) is 2.11. The van der Waals surface area contributed by atoms with Gasteiger partial charge in [0.15, 0.2) is 0 Å². The highest BCUT2D eigenvalue weighted by atomic mass is 16.5. The largest absolute Gasteiger partial charge is 0.465 e. The van der Waals surface area contributed by atoms with E-state index in [0.717, 1.165) is 13.0 Å². The van der Waals surface area contributed by atoms with Crippen molar-refractivity contribution in [2.24, 2.45) is 5.92 Å². The lowest BCUT2D eigenvalue weighted by Gasteiger charge is -2.35. The van der Waals surface area contributed by atoms with Gasteiger partial charge in [0.1, 0.15) is 5.54 Å². The third kappa shape index (κ3) is 3.20. The van der Waals surface area contributed by atoms with Gasteiger partial charge in [-0.15, -0.1) is 0 Å². The summed E-state index contributed by atoms with van der Waals surface area (Å²) in [7, 11) is 0. The second kappa shape index (κ2) is 5.50. The second-order valence-electron chi connectivity index (χ2n) is 4.58. The number of likely N-dealkylation sites (N-methyl/N-ethyl adjacent to an activating group) is 1. The number of ether oxygens (including phenoxy) is 1. The third-order valence-corrected chi connectivity index (χ3v) is 3.21. The van der Waals surface area contributed by atoms with Gasteiger partial charge in [0.25, 0.3) is 0 Å². The quantitative estimate of drug-likeness (QED) is 0.687. The summed E-state index contributed by atoms with van der Waals surface area (Å²) in [5, 5.41) is 3.27. The van der Waals surface area contributed by atoms with Crippen molar-refractivity contribution in [3.05, 3.63) is 0 Å². The Hall–Kier alpha value is -0.570. The first-order valence-corrected chi connectivity index (χ1v) is 6.04. The molecule has 1 atom stereocenters. The summed E-state index contributed by atoms with van der Waals surface area (Å²) in [6.07, 6.45) is 4.76. The zero-order valence-corrected chi connectivity index (χ0v) is 10.1. The molecule has 0 aliphatic heterocycles. The van der Waals surface area contributed by atoms with Gasteiger partial charge in [0.2, 0.25) is 0 Å². The van der Waals surface area contributed by atoms with Crippen LogP contribution in [0.4, 0.5) is 0 Å². The van der Waals surface area contributed by atoms with E-state index in [1.165, 1.54) is 19.3 Å². The highest BCUT2D eigenvalue weighted by Gasteiger charge is 2.37. The van der Waals surface area contributed by atoms with Crippen LogP contribution in [0.15, 0.2) is 0 Å². The van der Waals surface area contributed by atoms with E-state index in [1.54, 1.807) is 0 Å². The standard InChI is InChI=1S/C12H23NO2/c1-4-13-12(3,11(14)15-5-2)9-10-7-6-8-10/h10,13H,4-9H2,1-3H3. The summed E-state index contributed by atoms with van der Waals surface area (Å²) in [5.41, 5.74) is -0.476. The lowest BCUT2D eigenvalue weighted by Crippen LogP contribution is -2.52. The van der Waals surface area contributed by atoms with Crippen molar-refractivity contribution >= 4 is 5.97 Å². The summed E-state index contributed by atoms with van der Waals surface area (Å²) in [6.45, 7) is 7.12. The average molecular weight is 213 g/mol. The molecule has 1 fully saturated rings. The molecule has 0 spiro atoms. The van der Waals surface area contributed by atoms with E-state index in [9.17, 15) is 4.79 Å². The molecule has 0 aromatic heterocycles. The molecular formula is C12H23NO2. The summed E-state index contributed by atoms with van der Waals surface area (Å²) in [4.78, 5) is 11.8. The summed E-state index contributed by atoms with van der Waals surface area (Å²) >= 11 is 0. The van der Waals surface area contributed by atoms with E-state index in [1.807, 2.05) is 20.8 Å². The fourth-order valence-corrected chi connectivity index (χ4v) is 2.18. The Morgan fingerprint density at radius 1 is 1.47 bits per heavy atom. The summed E-state index contributed by atoms with van der Waals surface area (Å²) in [6, 6.07) is 0. The lowest BCUT2D eigenvalue weighted by atomic mass is 9.76. The maximum absolute atomic E-state index is 11.8. The SMILES string of the molecule is CCNC(C)(CC1CCC1)C(=O)OCC. The highest BCUT2D eigenvalue weighted by Crippen LogP contribution is 2.34. The number of nitrogens with one attached hydrogen (secondary N) is 1. The van der Waals surface area contributed by atoms with E-state index in [0.29, 0.717) is 12.5 Å². The molecule has 1 aliphatic carbocycles. The number of carbonyl (C=O) groups is 1. The molecule has 0 aromatic rings. The molecule has 0 aromatic carbocycles. The van der Waals surface area contributed by atoms with E-state index in [2.05, 4.69) is 5.32 Å². The molecule has 1 rings (SSSR count). The van der Waals surface area contributed by atoms with E-state index in [-0.39, 0.29) is 5.97 Å². The van der Waals surface area contributed by atoms with Crippen LogP contribution in [0.5, 0.6) is 0 Å². The second-order valence-corrected chi connectivity index (χ2v) is 4.58. The van der Waals surface area contributed by atoms with Gasteiger partial charge in [-0.2, -0.15) is 0 Å². The van der Waals surface area contributed by atoms with Crippen molar-refractivity contribution in [3.63, 3.8) is 0 Å². The number of esters is 1. The lowest BCUT2D eigenvalue weighted by molar-refractivity contribution is -0.151. The Morgan fingerprint density at radius 3 is 2.53 bits per heavy atom. The molecule has 0 bridgehead atoms. The molecule has 0 heterocycles. The van der Waals surface area contributed by atoms with Gasteiger partial charge in [-0.1, -0.05) is 26.2 Å². The maximum atomic E-state index is 11.8. The molecule has 3 heteroatoms. The van der Waals surface area contributed by atoms with Gasteiger partial charge in [0.05, 0.1) is 6.61 Å². The molecule has 1 unspecified atom stereocenters. The van der Waals surface area contributed by atoms with Gasteiger partial charge in [-0.25, -0.2) is 0 Å². The van der Waals surface area contributed by atoms with E-state index < -0.39 is 5.54 Å². The van der Waals surface area contributed by atoms with Crippen molar-refractivity contribution < 1.29 is 9.53 Å². The van der Waals surface area contributed by atoms with Crippen molar-refractivity contribution in [1.82, 2.24) is 5.32 Å². The Morgan fingerprint density at radius 2 is 2.13 bits per heavy atom. The monoisotopic (exact) mass is 213 g/mol. The molecule has 1 aliphatic rings. The Labute approximate surface area is 92.6 Å².